The Morgan fingerprint density at radius 2 is 1.75 bits per heavy atom. The van der Waals surface area contributed by atoms with Gasteiger partial charge in [-0.25, -0.2) is 0 Å². The monoisotopic (exact) mass is 335 g/mol. The van der Waals surface area contributed by atoms with Gasteiger partial charge in [0.05, 0.1) is 34.5 Å². The summed E-state index contributed by atoms with van der Waals surface area (Å²) in [7, 11) is 4.95. The van der Waals surface area contributed by atoms with Crippen molar-refractivity contribution < 1.29 is 18.9 Å². The number of nitrogens with zero attached hydrogens (tertiary/aromatic N) is 1. The minimum absolute atomic E-state index is 0.671. The Morgan fingerprint density at radius 3 is 2.42 bits per heavy atom. The van der Waals surface area contributed by atoms with Crippen LogP contribution < -0.4 is 14.2 Å². The molecule has 2 rings (SSSR count). The van der Waals surface area contributed by atoms with Gasteiger partial charge in [-0.1, -0.05) is 12.1 Å². The Hall–Kier alpha value is -1.88. The molecule has 5 nitrogen and oxygen atoms in total. The molecule has 0 unspecified atom stereocenters. The fourth-order valence-electron chi connectivity index (χ4n) is 2.89. The van der Waals surface area contributed by atoms with Gasteiger partial charge >= 0.3 is 0 Å². The normalized spacial score (nSPS) is 14.9. The summed E-state index contributed by atoms with van der Waals surface area (Å²) >= 11 is 0. The number of ether oxygens (including phenoxy) is 4. The van der Waals surface area contributed by atoms with Crippen LogP contribution >= 0.6 is 0 Å². The van der Waals surface area contributed by atoms with Crippen LogP contribution in [0.15, 0.2) is 24.4 Å². The van der Waals surface area contributed by atoms with Crippen molar-refractivity contribution in [2.24, 2.45) is 0 Å². The third-order valence-electron chi connectivity index (χ3n) is 4.21. The summed E-state index contributed by atoms with van der Waals surface area (Å²) in [5, 5.41) is 0. The zero-order valence-electron chi connectivity index (χ0n) is 15.0. The van der Waals surface area contributed by atoms with Gasteiger partial charge in [-0.05, 0) is 43.5 Å². The molecule has 0 spiro atoms. The third kappa shape index (κ3) is 5.06. The maximum atomic E-state index is 5.53. The van der Waals surface area contributed by atoms with Crippen molar-refractivity contribution in [3.05, 3.63) is 30.0 Å². The summed E-state index contributed by atoms with van der Waals surface area (Å²) in [6.07, 6.45) is 8.79. The molecule has 1 aliphatic rings. The molecule has 0 aliphatic carbocycles. The molecule has 0 N–H and O–H groups in total. The Morgan fingerprint density at radius 1 is 1.00 bits per heavy atom. The first-order valence-electron chi connectivity index (χ1n) is 8.56. The Kier molecular flexibility index (Phi) is 7.75. The summed E-state index contributed by atoms with van der Waals surface area (Å²) < 4.78 is 21.6. The molecule has 1 aromatic carbocycles. The molecule has 1 aromatic rings. The van der Waals surface area contributed by atoms with Crippen molar-refractivity contribution in [1.29, 1.82) is 0 Å². The van der Waals surface area contributed by atoms with Gasteiger partial charge in [0, 0.05) is 13.1 Å². The van der Waals surface area contributed by atoms with E-state index in [2.05, 4.69) is 23.2 Å². The SMILES string of the molecule is COc1ccc(CCCCC=CN2CCOCC2)c(OC)c1OC. The zero-order valence-corrected chi connectivity index (χ0v) is 15.0. The van der Waals surface area contributed by atoms with Crippen LogP contribution in [0.25, 0.3) is 0 Å². The lowest BCUT2D eigenvalue weighted by molar-refractivity contribution is 0.0593. The second-order valence-corrected chi connectivity index (χ2v) is 5.77. The number of hydrogen-bond acceptors (Lipinski definition) is 5. The number of methoxy groups -OCH3 is 3. The van der Waals surface area contributed by atoms with Gasteiger partial charge in [0.15, 0.2) is 11.5 Å². The predicted octanol–water partition coefficient (Wildman–Crippen LogP) is 3.27. The van der Waals surface area contributed by atoms with Crippen LogP contribution in [0.2, 0.25) is 0 Å². The van der Waals surface area contributed by atoms with E-state index in [1.807, 2.05) is 6.07 Å². The van der Waals surface area contributed by atoms with E-state index in [4.69, 9.17) is 18.9 Å². The van der Waals surface area contributed by atoms with Crippen LogP contribution in [-0.4, -0.2) is 52.5 Å². The van der Waals surface area contributed by atoms with E-state index >= 15 is 0 Å². The second kappa shape index (κ2) is 10.1. The third-order valence-corrected chi connectivity index (χ3v) is 4.21. The molecule has 0 amide bonds. The van der Waals surface area contributed by atoms with Gasteiger partial charge in [-0.15, -0.1) is 0 Å². The highest BCUT2D eigenvalue weighted by Gasteiger charge is 2.15. The van der Waals surface area contributed by atoms with Gasteiger partial charge in [-0.3, -0.25) is 0 Å². The highest BCUT2D eigenvalue weighted by atomic mass is 16.5. The quantitative estimate of drug-likeness (QED) is 0.648. The van der Waals surface area contributed by atoms with Crippen molar-refractivity contribution in [3.63, 3.8) is 0 Å². The molecule has 5 heteroatoms. The number of hydrogen-bond donors (Lipinski definition) is 0. The first-order chi connectivity index (χ1) is 11.8. The standard InChI is InChI=1S/C19H29NO4/c1-21-17-10-9-16(18(22-2)19(17)23-3)8-6-4-5-7-11-20-12-14-24-15-13-20/h7,9-11H,4-6,8,12-15H2,1-3H3. The van der Waals surface area contributed by atoms with Crippen molar-refractivity contribution in [1.82, 2.24) is 4.90 Å². The lowest BCUT2D eigenvalue weighted by atomic mass is 10.0. The first kappa shape index (κ1) is 18.5. The summed E-state index contributed by atoms with van der Waals surface area (Å²) in [4.78, 5) is 2.32. The van der Waals surface area contributed by atoms with E-state index in [-0.39, 0.29) is 0 Å². The van der Waals surface area contributed by atoms with Crippen LogP contribution in [0.5, 0.6) is 17.2 Å². The molecule has 1 fully saturated rings. The van der Waals surface area contributed by atoms with Gasteiger partial charge < -0.3 is 23.8 Å². The molecule has 134 valence electrons. The van der Waals surface area contributed by atoms with Crippen molar-refractivity contribution >= 4 is 0 Å². The highest BCUT2D eigenvalue weighted by molar-refractivity contribution is 5.55. The molecule has 0 bridgehead atoms. The minimum atomic E-state index is 0.671. The minimum Gasteiger partial charge on any atom is -0.493 e. The van der Waals surface area contributed by atoms with Gasteiger partial charge in [0.1, 0.15) is 0 Å². The van der Waals surface area contributed by atoms with Gasteiger partial charge in [-0.2, -0.15) is 0 Å². The van der Waals surface area contributed by atoms with Crippen molar-refractivity contribution in [2.45, 2.75) is 25.7 Å². The molecule has 0 radical (unpaired) electrons. The van der Waals surface area contributed by atoms with Crippen LogP contribution in [0.4, 0.5) is 0 Å². The average molecular weight is 335 g/mol. The van der Waals surface area contributed by atoms with E-state index in [0.29, 0.717) is 11.5 Å². The van der Waals surface area contributed by atoms with Crippen molar-refractivity contribution in [2.75, 3.05) is 47.6 Å². The number of rotatable bonds is 9. The first-order valence-corrected chi connectivity index (χ1v) is 8.56. The fourth-order valence-corrected chi connectivity index (χ4v) is 2.89. The Bertz CT molecular complexity index is 524. The molecule has 1 saturated heterocycles. The number of aryl methyl sites for hydroxylation is 1. The molecule has 1 heterocycles. The molecule has 24 heavy (non-hydrogen) atoms. The van der Waals surface area contributed by atoms with Crippen LogP contribution in [0.3, 0.4) is 0 Å². The molecule has 0 saturated carbocycles. The van der Waals surface area contributed by atoms with Crippen LogP contribution in [-0.2, 0) is 11.2 Å². The molecule has 0 aromatic heterocycles. The maximum Gasteiger partial charge on any atom is 0.203 e. The second-order valence-electron chi connectivity index (χ2n) is 5.77. The largest absolute Gasteiger partial charge is 0.493 e. The zero-order chi connectivity index (χ0) is 17.2. The summed E-state index contributed by atoms with van der Waals surface area (Å²) in [6, 6.07) is 4.00. The van der Waals surface area contributed by atoms with Gasteiger partial charge in [0.2, 0.25) is 5.75 Å². The molecule has 0 atom stereocenters. The molecular formula is C19H29NO4. The fraction of sp³-hybridized carbons (Fsp3) is 0.579. The van der Waals surface area contributed by atoms with Crippen molar-refractivity contribution in [3.8, 4) is 17.2 Å². The average Bonchev–Trinajstić information content (AvgIpc) is 2.64. The Balaban J connectivity index is 1.80. The van der Waals surface area contributed by atoms with Crippen LogP contribution in [0.1, 0.15) is 24.8 Å². The van der Waals surface area contributed by atoms with E-state index in [1.165, 1.54) is 0 Å². The highest BCUT2D eigenvalue weighted by Crippen LogP contribution is 2.40. The molecular weight excluding hydrogens is 306 g/mol. The lowest BCUT2D eigenvalue weighted by Crippen LogP contribution is -2.31. The van der Waals surface area contributed by atoms with E-state index in [0.717, 1.165) is 63.3 Å². The number of morpholine rings is 1. The van der Waals surface area contributed by atoms with E-state index in [9.17, 15) is 0 Å². The summed E-state index contributed by atoms with van der Waals surface area (Å²) in [5.41, 5.74) is 1.16. The van der Waals surface area contributed by atoms with Gasteiger partial charge in [0.25, 0.3) is 0 Å². The topological polar surface area (TPSA) is 40.2 Å². The molecule has 1 aliphatic heterocycles. The predicted molar refractivity (Wildman–Crippen MR) is 95.2 cm³/mol. The van der Waals surface area contributed by atoms with E-state index in [1.54, 1.807) is 21.3 Å². The Labute approximate surface area is 145 Å². The maximum absolute atomic E-state index is 5.53. The summed E-state index contributed by atoms with van der Waals surface area (Å²) in [6.45, 7) is 3.67. The number of benzene rings is 1. The lowest BCUT2D eigenvalue weighted by Gasteiger charge is -2.24. The van der Waals surface area contributed by atoms with Crippen LogP contribution in [0, 0.1) is 0 Å². The number of allylic oxidation sites excluding steroid dienone is 1. The van der Waals surface area contributed by atoms with E-state index < -0.39 is 0 Å². The number of unbranched alkanes of at least 4 members (excludes halogenated alkanes) is 2. The summed E-state index contributed by atoms with van der Waals surface area (Å²) in [5.74, 6) is 2.15. The smallest absolute Gasteiger partial charge is 0.203 e.